The van der Waals surface area contributed by atoms with Crippen LogP contribution in [0.5, 0.6) is 0 Å². The van der Waals surface area contributed by atoms with Crippen molar-refractivity contribution >= 4 is 0 Å². The van der Waals surface area contributed by atoms with Crippen molar-refractivity contribution in [2.24, 2.45) is 28.6 Å². The molecule has 38 heavy (non-hydrogen) atoms. The van der Waals surface area contributed by atoms with E-state index in [0.717, 1.165) is 0 Å². The van der Waals surface area contributed by atoms with Crippen LogP contribution in [-0.2, 0) is 9.47 Å². The van der Waals surface area contributed by atoms with Gasteiger partial charge in [-0.3, -0.25) is 0 Å². The zero-order valence-corrected chi connectivity index (χ0v) is 22.3. The van der Waals surface area contributed by atoms with Gasteiger partial charge in [-0.2, -0.15) is 0 Å². The fraction of sp³-hybridized carbons (Fsp3) is 1.00. The predicted octanol–water partition coefficient (Wildman–Crippen LogP) is -3.04. The summed E-state index contributed by atoms with van der Waals surface area (Å²) in [6.07, 6.45) is -12.6. The molecule has 4 aliphatic carbocycles. The molecule has 1 spiro atoms. The second-order valence-corrected chi connectivity index (χ2v) is 13.7. The monoisotopic (exact) mass is 548 g/mol. The molecule has 1 aliphatic heterocycles. The molecule has 0 aromatic carbocycles. The molecule has 12 nitrogen and oxygen atoms in total. The fourth-order valence-corrected chi connectivity index (χ4v) is 9.51. The molecule has 5 aliphatic rings. The van der Waals surface area contributed by atoms with Crippen molar-refractivity contribution in [3.05, 3.63) is 0 Å². The van der Waals surface area contributed by atoms with Crippen LogP contribution in [-0.4, -0.2) is 130 Å². The molecule has 1 heterocycles. The quantitative estimate of drug-likeness (QED) is 0.170. The largest absolute Gasteiger partial charge is 0.394 e. The van der Waals surface area contributed by atoms with Crippen LogP contribution in [0.4, 0.5) is 0 Å². The van der Waals surface area contributed by atoms with Gasteiger partial charge in [0.2, 0.25) is 0 Å². The fourth-order valence-electron chi connectivity index (χ4n) is 9.51. The molecule has 5 rings (SSSR count). The van der Waals surface area contributed by atoms with E-state index in [4.69, 9.17) is 9.47 Å². The Bertz CT molecular complexity index is 924. The van der Waals surface area contributed by atoms with Gasteiger partial charge in [-0.25, -0.2) is 0 Å². The smallest absolute Gasteiger partial charge is 0.187 e. The molecule has 0 aromatic heterocycles. The van der Waals surface area contributed by atoms with E-state index in [1.165, 1.54) is 6.92 Å². The summed E-state index contributed by atoms with van der Waals surface area (Å²) in [4.78, 5) is 0. The third-order valence-electron chi connectivity index (χ3n) is 11.3. The van der Waals surface area contributed by atoms with Gasteiger partial charge in [0.05, 0.1) is 42.2 Å². The van der Waals surface area contributed by atoms with Crippen molar-refractivity contribution in [2.75, 3.05) is 6.61 Å². The Morgan fingerprint density at radius 3 is 2.08 bits per heavy atom. The number of fused-ring (bicyclic) bond motifs is 2. The standard InChI is InChI=1S/C26H44O12/c1-22(2)20(38-21-16(31)15(30)14(29)11(8-27)37-21)17(32)18-24(4,35)12-6-5-10-19(33)25(12,9-23(10,3)34)7-13(28)26(18,22)36/h10-21,27-36H,5-9H2,1-4H3/t10-,11-,12+,13-,14-,15+,16-,17+,18+,19-,20+,21+,23-,24-,25+,26-/m1/s1. The molecule has 0 amide bonds. The van der Waals surface area contributed by atoms with Gasteiger partial charge in [0.1, 0.15) is 30.0 Å². The highest BCUT2D eigenvalue weighted by Crippen LogP contribution is 2.70. The maximum Gasteiger partial charge on any atom is 0.187 e. The Kier molecular flexibility index (Phi) is 6.69. The van der Waals surface area contributed by atoms with Gasteiger partial charge < -0.3 is 60.5 Å². The Hall–Kier alpha value is -0.480. The SMILES string of the molecule is CC1(C)[C@@H](O[C@@H]2O[C@H](CO)[C@@H](O)[C@H](O)[C@H]2O)[C@@H](O)[C@H]2[C@](C)(O)[C@@H]3CC[C@@H]4[C@@H](O)[C@@]3(C[C@@H](O)[C@@]21O)C[C@@]4(C)O. The lowest BCUT2D eigenvalue weighted by Crippen LogP contribution is -2.62. The van der Waals surface area contributed by atoms with Gasteiger partial charge >= 0.3 is 0 Å². The topological polar surface area (TPSA) is 221 Å². The van der Waals surface area contributed by atoms with Crippen molar-refractivity contribution in [3.8, 4) is 0 Å². The van der Waals surface area contributed by atoms with Crippen LogP contribution in [0.1, 0.15) is 53.4 Å². The van der Waals surface area contributed by atoms with Gasteiger partial charge in [-0.05, 0) is 45.4 Å². The molecule has 0 unspecified atom stereocenters. The molecule has 220 valence electrons. The molecular formula is C26H44O12. The first-order chi connectivity index (χ1) is 17.4. The van der Waals surface area contributed by atoms with E-state index in [1.54, 1.807) is 20.8 Å². The highest BCUT2D eigenvalue weighted by Gasteiger charge is 2.79. The average Bonchev–Trinajstić information content (AvgIpc) is 2.99. The minimum Gasteiger partial charge on any atom is -0.394 e. The molecule has 0 radical (unpaired) electrons. The number of ether oxygens (including phenoxy) is 2. The minimum absolute atomic E-state index is 0.119. The number of hydrogen-bond acceptors (Lipinski definition) is 12. The Morgan fingerprint density at radius 2 is 1.47 bits per heavy atom. The number of hydrogen-bond donors (Lipinski definition) is 10. The lowest BCUT2D eigenvalue weighted by atomic mass is 9.57. The van der Waals surface area contributed by atoms with E-state index < -0.39 is 107 Å². The molecule has 5 fully saturated rings. The predicted molar refractivity (Wildman–Crippen MR) is 128 cm³/mol. The lowest BCUT2D eigenvalue weighted by molar-refractivity contribution is -0.325. The number of rotatable bonds is 3. The van der Waals surface area contributed by atoms with Crippen LogP contribution in [0.15, 0.2) is 0 Å². The second-order valence-electron chi connectivity index (χ2n) is 13.7. The molecule has 16 atom stereocenters. The summed E-state index contributed by atoms with van der Waals surface area (Å²) >= 11 is 0. The summed E-state index contributed by atoms with van der Waals surface area (Å²) in [5, 5.41) is 111. The van der Waals surface area contributed by atoms with Gasteiger partial charge in [0, 0.05) is 22.7 Å². The third-order valence-corrected chi connectivity index (χ3v) is 11.3. The highest BCUT2D eigenvalue weighted by molar-refractivity contribution is 5.28. The van der Waals surface area contributed by atoms with Crippen molar-refractivity contribution in [3.63, 3.8) is 0 Å². The average molecular weight is 549 g/mol. The molecule has 1 saturated heterocycles. The summed E-state index contributed by atoms with van der Waals surface area (Å²) in [6.45, 7) is 5.52. The maximum atomic E-state index is 12.3. The van der Waals surface area contributed by atoms with Crippen molar-refractivity contribution < 1.29 is 60.5 Å². The van der Waals surface area contributed by atoms with Crippen LogP contribution in [0.2, 0.25) is 0 Å². The van der Waals surface area contributed by atoms with Crippen molar-refractivity contribution in [1.29, 1.82) is 0 Å². The van der Waals surface area contributed by atoms with Crippen molar-refractivity contribution in [1.82, 2.24) is 0 Å². The zero-order chi connectivity index (χ0) is 28.4. The van der Waals surface area contributed by atoms with Crippen LogP contribution >= 0.6 is 0 Å². The first kappa shape index (κ1) is 29.0. The molecule has 2 bridgehead atoms. The summed E-state index contributed by atoms with van der Waals surface area (Å²) in [6, 6.07) is 0. The normalized spacial score (nSPS) is 61.7. The van der Waals surface area contributed by atoms with Crippen molar-refractivity contribution in [2.45, 2.75) is 125 Å². The lowest BCUT2D eigenvalue weighted by Gasteiger charge is -2.51. The van der Waals surface area contributed by atoms with Crippen LogP contribution in [0, 0.1) is 28.6 Å². The van der Waals surface area contributed by atoms with Crippen LogP contribution in [0.3, 0.4) is 0 Å². The number of aliphatic hydroxyl groups excluding tert-OH is 7. The zero-order valence-electron chi connectivity index (χ0n) is 22.3. The minimum atomic E-state index is -2.15. The third kappa shape index (κ3) is 3.47. The van der Waals surface area contributed by atoms with Gasteiger partial charge in [0.25, 0.3) is 0 Å². The molecular weight excluding hydrogens is 504 g/mol. The molecule has 4 saturated carbocycles. The summed E-state index contributed by atoms with van der Waals surface area (Å²) in [5.74, 6) is -2.50. The first-order valence-corrected chi connectivity index (χ1v) is 13.6. The first-order valence-electron chi connectivity index (χ1n) is 13.6. The van der Waals surface area contributed by atoms with E-state index in [0.29, 0.717) is 12.8 Å². The van der Waals surface area contributed by atoms with E-state index in [2.05, 4.69) is 0 Å². The summed E-state index contributed by atoms with van der Waals surface area (Å²) in [7, 11) is 0. The van der Waals surface area contributed by atoms with E-state index in [-0.39, 0.29) is 12.8 Å². The van der Waals surface area contributed by atoms with Gasteiger partial charge in [0.15, 0.2) is 6.29 Å². The second kappa shape index (κ2) is 8.76. The summed E-state index contributed by atoms with van der Waals surface area (Å²) in [5.41, 5.74) is -7.78. The molecule has 10 N–H and O–H groups in total. The van der Waals surface area contributed by atoms with E-state index in [9.17, 15) is 51.1 Å². The van der Waals surface area contributed by atoms with E-state index in [1.807, 2.05) is 0 Å². The molecule has 12 heteroatoms. The van der Waals surface area contributed by atoms with Gasteiger partial charge in [-0.15, -0.1) is 0 Å². The maximum absolute atomic E-state index is 12.3. The summed E-state index contributed by atoms with van der Waals surface area (Å²) < 4.78 is 11.4. The van der Waals surface area contributed by atoms with Crippen LogP contribution in [0.25, 0.3) is 0 Å². The Balaban J connectivity index is 1.54. The highest BCUT2D eigenvalue weighted by atomic mass is 16.7. The molecule has 0 aromatic rings. The van der Waals surface area contributed by atoms with Crippen LogP contribution < -0.4 is 0 Å². The Morgan fingerprint density at radius 1 is 0.842 bits per heavy atom. The van der Waals surface area contributed by atoms with Gasteiger partial charge in [-0.1, -0.05) is 13.8 Å². The number of aliphatic hydroxyl groups is 10. The Labute approximate surface area is 221 Å². The van der Waals surface area contributed by atoms with E-state index >= 15 is 0 Å².